The molecular formula is C15H18BrN3O2. The van der Waals surface area contributed by atoms with Crippen LogP contribution in [0, 0.1) is 0 Å². The first-order valence-corrected chi connectivity index (χ1v) is 7.40. The Labute approximate surface area is 131 Å². The first-order valence-electron chi connectivity index (χ1n) is 6.61. The zero-order valence-corrected chi connectivity index (χ0v) is 13.8. The number of carbonyl (C=O) groups is 1. The predicted octanol–water partition coefficient (Wildman–Crippen LogP) is 3.86. The minimum Gasteiger partial charge on any atom is -0.444 e. The molecule has 0 saturated heterocycles. The minimum absolute atomic E-state index is 0.406. The molecule has 0 saturated carbocycles. The summed E-state index contributed by atoms with van der Waals surface area (Å²) in [5, 5.41) is 3.70. The maximum Gasteiger partial charge on any atom is 0.407 e. The molecule has 6 heteroatoms. The highest BCUT2D eigenvalue weighted by Crippen LogP contribution is 2.21. The molecule has 0 fully saturated rings. The molecule has 0 aliphatic rings. The van der Waals surface area contributed by atoms with Gasteiger partial charge in [-0.3, -0.25) is 0 Å². The first kappa shape index (κ1) is 15.6. The summed E-state index contributed by atoms with van der Waals surface area (Å²) >= 11 is 3.41. The highest BCUT2D eigenvalue weighted by atomic mass is 79.9. The molecule has 5 nitrogen and oxygen atoms in total. The van der Waals surface area contributed by atoms with Crippen LogP contribution in [-0.2, 0) is 4.74 Å². The zero-order valence-electron chi connectivity index (χ0n) is 12.2. The maximum absolute atomic E-state index is 11.5. The monoisotopic (exact) mass is 351 g/mol. The molecule has 0 aliphatic carbocycles. The van der Waals surface area contributed by atoms with Gasteiger partial charge in [0.1, 0.15) is 11.2 Å². The molecule has 0 aliphatic heterocycles. The van der Waals surface area contributed by atoms with Crippen LogP contribution in [0.1, 0.15) is 26.3 Å². The second kappa shape index (κ2) is 6.30. The van der Waals surface area contributed by atoms with Crippen molar-refractivity contribution >= 4 is 39.1 Å². The minimum atomic E-state index is -0.484. The number of hydrogen-bond acceptors (Lipinski definition) is 3. The molecule has 2 aromatic heterocycles. The number of rotatable bonds is 3. The zero-order chi connectivity index (χ0) is 15.5. The van der Waals surface area contributed by atoms with E-state index in [2.05, 4.69) is 31.2 Å². The van der Waals surface area contributed by atoms with E-state index in [1.165, 1.54) is 0 Å². The molecule has 2 heterocycles. The van der Waals surface area contributed by atoms with E-state index in [1.807, 2.05) is 45.2 Å². The lowest BCUT2D eigenvalue weighted by atomic mass is 10.2. The van der Waals surface area contributed by atoms with Gasteiger partial charge in [0.25, 0.3) is 0 Å². The van der Waals surface area contributed by atoms with Crippen molar-refractivity contribution in [2.75, 3.05) is 6.54 Å². The van der Waals surface area contributed by atoms with Gasteiger partial charge < -0.3 is 15.0 Å². The number of hydrogen-bond donors (Lipinski definition) is 2. The van der Waals surface area contributed by atoms with Gasteiger partial charge in [-0.05, 0) is 42.8 Å². The molecule has 112 valence electrons. The molecule has 0 bridgehead atoms. The number of aromatic amines is 1. The lowest BCUT2D eigenvalue weighted by Gasteiger charge is -2.19. The van der Waals surface area contributed by atoms with Crippen molar-refractivity contribution in [2.24, 2.45) is 0 Å². The van der Waals surface area contributed by atoms with Gasteiger partial charge in [0.05, 0.1) is 0 Å². The number of alkyl carbamates (subject to hydrolysis) is 1. The van der Waals surface area contributed by atoms with Gasteiger partial charge >= 0.3 is 6.09 Å². The Balaban J connectivity index is 1.95. The molecule has 2 rings (SSSR count). The number of fused-ring (bicyclic) bond motifs is 1. The van der Waals surface area contributed by atoms with Crippen molar-refractivity contribution in [1.29, 1.82) is 0 Å². The Kier molecular flexibility index (Phi) is 4.67. The van der Waals surface area contributed by atoms with Crippen LogP contribution in [0.25, 0.3) is 17.1 Å². The summed E-state index contributed by atoms with van der Waals surface area (Å²) in [5.74, 6) is 0. The summed E-state index contributed by atoms with van der Waals surface area (Å²) in [4.78, 5) is 18.9. The number of pyridine rings is 1. The van der Waals surface area contributed by atoms with Crippen molar-refractivity contribution in [3.63, 3.8) is 0 Å². The Hall–Kier alpha value is -1.82. The number of aromatic nitrogens is 2. The fraction of sp³-hybridized carbons (Fsp3) is 0.333. The molecule has 1 amide bonds. The summed E-state index contributed by atoms with van der Waals surface area (Å²) in [7, 11) is 0. The average Bonchev–Trinajstić information content (AvgIpc) is 2.75. The summed E-state index contributed by atoms with van der Waals surface area (Å²) in [6.07, 6.45) is 7.01. The summed E-state index contributed by atoms with van der Waals surface area (Å²) < 4.78 is 6.08. The van der Waals surface area contributed by atoms with Gasteiger partial charge in [-0.2, -0.15) is 0 Å². The quantitative estimate of drug-likeness (QED) is 0.881. The van der Waals surface area contributed by atoms with E-state index in [4.69, 9.17) is 4.74 Å². The SMILES string of the molecule is CC(C)(C)OC(=O)NCC=Cc1c[nH]c2ncc(Br)cc12. The highest BCUT2D eigenvalue weighted by Gasteiger charge is 2.14. The molecule has 21 heavy (non-hydrogen) atoms. The van der Waals surface area contributed by atoms with E-state index in [9.17, 15) is 4.79 Å². The van der Waals surface area contributed by atoms with Gasteiger partial charge in [0.2, 0.25) is 0 Å². The third-order valence-electron chi connectivity index (χ3n) is 2.59. The smallest absolute Gasteiger partial charge is 0.407 e. The van der Waals surface area contributed by atoms with Crippen molar-refractivity contribution < 1.29 is 9.53 Å². The van der Waals surface area contributed by atoms with Gasteiger partial charge in [-0.25, -0.2) is 9.78 Å². The van der Waals surface area contributed by atoms with Crippen molar-refractivity contribution in [3.05, 3.63) is 34.6 Å². The van der Waals surface area contributed by atoms with Gasteiger partial charge in [-0.1, -0.05) is 12.2 Å². The fourth-order valence-corrected chi connectivity index (χ4v) is 2.11. The summed E-state index contributed by atoms with van der Waals surface area (Å²) in [5.41, 5.74) is 1.37. The van der Waals surface area contributed by atoms with E-state index in [-0.39, 0.29) is 0 Å². The van der Waals surface area contributed by atoms with Crippen molar-refractivity contribution in [2.45, 2.75) is 26.4 Å². The van der Waals surface area contributed by atoms with Crippen LogP contribution in [0.3, 0.4) is 0 Å². The molecule has 0 radical (unpaired) electrons. The summed E-state index contributed by atoms with van der Waals surface area (Å²) in [6.45, 7) is 5.90. The third-order valence-corrected chi connectivity index (χ3v) is 3.02. The van der Waals surface area contributed by atoms with Crippen LogP contribution in [0.15, 0.2) is 29.0 Å². The highest BCUT2D eigenvalue weighted by molar-refractivity contribution is 9.10. The molecule has 2 aromatic rings. The molecule has 0 aromatic carbocycles. The van der Waals surface area contributed by atoms with E-state index in [1.54, 1.807) is 6.20 Å². The Bertz CT molecular complexity index is 671. The van der Waals surface area contributed by atoms with Crippen molar-refractivity contribution in [1.82, 2.24) is 15.3 Å². The lowest BCUT2D eigenvalue weighted by molar-refractivity contribution is 0.0534. The maximum atomic E-state index is 11.5. The third kappa shape index (κ3) is 4.60. The Morgan fingerprint density at radius 1 is 1.52 bits per heavy atom. The second-order valence-electron chi connectivity index (χ2n) is 5.58. The number of amides is 1. The molecule has 0 unspecified atom stereocenters. The lowest BCUT2D eigenvalue weighted by Crippen LogP contribution is -2.32. The number of halogens is 1. The van der Waals surface area contributed by atoms with Crippen LogP contribution in [0.5, 0.6) is 0 Å². The van der Waals surface area contributed by atoms with Gasteiger partial charge in [0, 0.05) is 34.4 Å². The average molecular weight is 352 g/mol. The van der Waals surface area contributed by atoms with E-state index >= 15 is 0 Å². The first-order chi connectivity index (χ1) is 9.85. The predicted molar refractivity (Wildman–Crippen MR) is 87.1 cm³/mol. The molecular weight excluding hydrogens is 334 g/mol. The van der Waals surface area contributed by atoms with Crippen LogP contribution in [0.2, 0.25) is 0 Å². The van der Waals surface area contributed by atoms with E-state index < -0.39 is 11.7 Å². The molecule has 0 spiro atoms. The van der Waals surface area contributed by atoms with E-state index in [0.717, 1.165) is 21.1 Å². The van der Waals surface area contributed by atoms with E-state index in [0.29, 0.717) is 6.54 Å². The summed E-state index contributed by atoms with van der Waals surface area (Å²) in [6, 6.07) is 2.00. The van der Waals surface area contributed by atoms with Gasteiger partial charge in [0.15, 0.2) is 0 Å². The largest absolute Gasteiger partial charge is 0.444 e. The topological polar surface area (TPSA) is 67.0 Å². The van der Waals surface area contributed by atoms with Crippen LogP contribution >= 0.6 is 15.9 Å². The number of ether oxygens (including phenoxy) is 1. The van der Waals surface area contributed by atoms with Crippen molar-refractivity contribution in [3.8, 4) is 0 Å². The molecule has 0 atom stereocenters. The number of nitrogens with zero attached hydrogens (tertiary/aromatic N) is 1. The van der Waals surface area contributed by atoms with Gasteiger partial charge in [-0.15, -0.1) is 0 Å². The van der Waals surface area contributed by atoms with Crippen LogP contribution in [0.4, 0.5) is 4.79 Å². The number of carbonyl (C=O) groups excluding carboxylic acids is 1. The van der Waals surface area contributed by atoms with Crippen LogP contribution in [-0.4, -0.2) is 28.2 Å². The normalized spacial score (nSPS) is 12.0. The Morgan fingerprint density at radius 3 is 3.00 bits per heavy atom. The number of nitrogens with one attached hydrogen (secondary N) is 2. The Morgan fingerprint density at radius 2 is 2.29 bits per heavy atom. The second-order valence-corrected chi connectivity index (χ2v) is 6.49. The number of H-pyrrole nitrogens is 1. The standard InChI is InChI=1S/C15H18BrN3O2/c1-15(2,3)21-14(20)17-6-4-5-10-8-18-13-12(10)7-11(16)9-19-13/h4-5,7-9H,6H2,1-3H3,(H,17,20)(H,18,19). The molecule has 2 N–H and O–H groups in total. The fourth-order valence-electron chi connectivity index (χ4n) is 1.78. The van der Waals surface area contributed by atoms with Crippen LogP contribution < -0.4 is 5.32 Å².